The van der Waals surface area contributed by atoms with Gasteiger partial charge in [-0.1, -0.05) is 24.3 Å². The molecule has 0 bridgehead atoms. The zero-order chi connectivity index (χ0) is 15.2. The molecule has 0 aliphatic rings. The fourth-order valence-corrected chi connectivity index (χ4v) is 1.93. The van der Waals surface area contributed by atoms with Gasteiger partial charge < -0.3 is 20.8 Å². The van der Waals surface area contributed by atoms with Crippen molar-refractivity contribution in [2.24, 2.45) is 0 Å². The second-order valence-electron chi connectivity index (χ2n) is 4.69. The molecule has 110 valence electrons. The van der Waals surface area contributed by atoms with Crippen molar-refractivity contribution in [3.8, 4) is 11.5 Å². The van der Waals surface area contributed by atoms with Crippen LogP contribution in [-0.2, 0) is 17.8 Å². The lowest BCUT2D eigenvalue weighted by molar-refractivity contribution is -0.119. The number of hydrogen-bond donors (Lipinski definition) is 4. The lowest BCUT2D eigenvalue weighted by atomic mass is 10.1. The van der Waals surface area contributed by atoms with Crippen LogP contribution in [0.2, 0.25) is 0 Å². The van der Waals surface area contributed by atoms with Gasteiger partial charge in [-0.2, -0.15) is 0 Å². The van der Waals surface area contributed by atoms with Crippen molar-refractivity contribution in [2.75, 3.05) is 12.4 Å². The van der Waals surface area contributed by atoms with E-state index in [9.17, 15) is 15.0 Å². The van der Waals surface area contributed by atoms with Crippen LogP contribution < -0.4 is 10.6 Å². The zero-order valence-electron chi connectivity index (χ0n) is 11.8. The molecule has 0 fully saturated rings. The summed E-state index contributed by atoms with van der Waals surface area (Å²) in [5, 5.41) is 24.9. The maximum Gasteiger partial charge on any atom is 0.224 e. The molecule has 0 saturated carbocycles. The van der Waals surface area contributed by atoms with Gasteiger partial charge in [0, 0.05) is 24.8 Å². The summed E-state index contributed by atoms with van der Waals surface area (Å²) in [6.07, 6.45) is 0.351. The van der Waals surface area contributed by atoms with Crippen LogP contribution in [0.5, 0.6) is 11.5 Å². The highest BCUT2D eigenvalue weighted by Gasteiger charge is 2.05. The number of amides is 1. The van der Waals surface area contributed by atoms with E-state index in [0.29, 0.717) is 18.5 Å². The molecule has 2 rings (SSSR count). The number of carbonyl (C=O) groups is 1. The van der Waals surface area contributed by atoms with Gasteiger partial charge in [-0.3, -0.25) is 4.79 Å². The number of likely N-dealkylation sites (N-methyl/N-ethyl adjacent to an activating group) is 1. The fraction of sp³-hybridized carbons (Fsp3) is 0.188. The van der Waals surface area contributed by atoms with Crippen molar-refractivity contribution < 1.29 is 15.0 Å². The van der Waals surface area contributed by atoms with Crippen molar-refractivity contribution in [3.05, 3.63) is 53.6 Å². The van der Waals surface area contributed by atoms with Gasteiger partial charge >= 0.3 is 0 Å². The molecule has 0 radical (unpaired) electrons. The molecule has 0 aliphatic heterocycles. The summed E-state index contributed by atoms with van der Waals surface area (Å²) in [7, 11) is 1.61. The lowest BCUT2D eigenvalue weighted by Crippen LogP contribution is -2.19. The molecular formula is C16H18N2O3. The number of aromatic hydroxyl groups is 2. The van der Waals surface area contributed by atoms with Gasteiger partial charge in [0.2, 0.25) is 5.91 Å². The summed E-state index contributed by atoms with van der Waals surface area (Å²) in [5.74, 6) is -0.267. The molecule has 0 aromatic heterocycles. The van der Waals surface area contributed by atoms with Gasteiger partial charge in [0.15, 0.2) is 11.5 Å². The molecule has 5 heteroatoms. The van der Waals surface area contributed by atoms with Gasteiger partial charge in [0.1, 0.15) is 0 Å². The van der Waals surface area contributed by atoms with E-state index in [1.165, 1.54) is 6.07 Å². The average molecular weight is 286 g/mol. The van der Waals surface area contributed by atoms with Crippen LogP contribution >= 0.6 is 0 Å². The van der Waals surface area contributed by atoms with E-state index in [1.54, 1.807) is 19.2 Å². The zero-order valence-corrected chi connectivity index (χ0v) is 11.8. The van der Waals surface area contributed by atoms with Gasteiger partial charge in [0.05, 0.1) is 6.42 Å². The highest BCUT2D eigenvalue weighted by atomic mass is 16.3. The molecule has 2 aromatic rings. The Kier molecular flexibility index (Phi) is 4.66. The van der Waals surface area contributed by atoms with Gasteiger partial charge in [-0.05, 0) is 23.8 Å². The molecule has 4 N–H and O–H groups in total. The SMILES string of the molecule is CNC(=O)Cc1ccc(NCc2cccc(O)c2O)cc1. The monoisotopic (exact) mass is 286 g/mol. The summed E-state index contributed by atoms with van der Waals surface area (Å²) in [5.41, 5.74) is 2.42. The van der Waals surface area contributed by atoms with E-state index in [2.05, 4.69) is 10.6 Å². The molecule has 0 unspecified atom stereocenters. The van der Waals surface area contributed by atoms with E-state index < -0.39 is 0 Å². The number of anilines is 1. The second-order valence-corrected chi connectivity index (χ2v) is 4.69. The molecule has 0 heterocycles. The number of rotatable bonds is 5. The van der Waals surface area contributed by atoms with Crippen molar-refractivity contribution in [1.82, 2.24) is 5.32 Å². The molecule has 2 aromatic carbocycles. The van der Waals surface area contributed by atoms with Crippen LogP contribution in [0.1, 0.15) is 11.1 Å². The van der Waals surface area contributed by atoms with Crippen LogP contribution in [0.3, 0.4) is 0 Å². The standard InChI is InChI=1S/C16H18N2O3/c1-17-15(20)9-11-5-7-13(8-6-11)18-10-12-3-2-4-14(19)16(12)21/h2-8,18-19,21H,9-10H2,1H3,(H,17,20). The van der Waals surface area contributed by atoms with E-state index in [4.69, 9.17) is 0 Å². The molecule has 0 atom stereocenters. The Morgan fingerprint density at radius 1 is 1.10 bits per heavy atom. The van der Waals surface area contributed by atoms with E-state index >= 15 is 0 Å². The quantitative estimate of drug-likeness (QED) is 0.634. The van der Waals surface area contributed by atoms with E-state index in [1.807, 2.05) is 24.3 Å². The van der Waals surface area contributed by atoms with Gasteiger partial charge in [0.25, 0.3) is 0 Å². The van der Waals surface area contributed by atoms with Gasteiger partial charge in [-0.25, -0.2) is 0 Å². The largest absolute Gasteiger partial charge is 0.504 e. The number of phenolic OH excluding ortho intramolecular Hbond substituents is 2. The highest BCUT2D eigenvalue weighted by Crippen LogP contribution is 2.28. The van der Waals surface area contributed by atoms with Crippen LogP contribution in [0.25, 0.3) is 0 Å². The summed E-state index contributed by atoms with van der Waals surface area (Å²) in [4.78, 5) is 11.3. The number of phenols is 2. The molecular weight excluding hydrogens is 268 g/mol. The van der Waals surface area contributed by atoms with Crippen LogP contribution in [-0.4, -0.2) is 23.2 Å². The Hall–Kier alpha value is -2.69. The summed E-state index contributed by atoms with van der Waals surface area (Å²) >= 11 is 0. The third kappa shape index (κ3) is 3.89. The molecule has 21 heavy (non-hydrogen) atoms. The Morgan fingerprint density at radius 2 is 1.81 bits per heavy atom. The Balaban J connectivity index is 1.97. The van der Waals surface area contributed by atoms with Gasteiger partial charge in [-0.15, -0.1) is 0 Å². The first-order valence-corrected chi connectivity index (χ1v) is 6.63. The van der Waals surface area contributed by atoms with Crippen molar-refractivity contribution in [1.29, 1.82) is 0 Å². The smallest absolute Gasteiger partial charge is 0.224 e. The Bertz CT molecular complexity index is 624. The first-order valence-electron chi connectivity index (χ1n) is 6.63. The van der Waals surface area contributed by atoms with E-state index in [-0.39, 0.29) is 17.4 Å². The minimum absolute atomic E-state index is 0.0274. The van der Waals surface area contributed by atoms with Crippen LogP contribution in [0.15, 0.2) is 42.5 Å². The predicted molar refractivity (Wildman–Crippen MR) is 81.3 cm³/mol. The highest BCUT2D eigenvalue weighted by molar-refractivity contribution is 5.78. The summed E-state index contributed by atoms with van der Waals surface area (Å²) in [6.45, 7) is 0.398. The third-order valence-corrected chi connectivity index (χ3v) is 3.18. The summed E-state index contributed by atoms with van der Waals surface area (Å²) < 4.78 is 0. The molecule has 1 amide bonds. The van der Waals surface area contributed by atoms with Crippen LogP contribution in [0, 0.1) is 0 Å². The lowest BCUT2D eigenvalue weighted by Gasteiger charge is -2.09. The topological polar surface area (TPSA) is 81.6 Å². The van der Waals surface area contributed by atoms with Crippen molar-refractivity contribution in [3.63, 3.8) is 0 Å². The number of benzene rings is 2. The molecule has 0 saturated heterocycles. The predicted octanol–water partition coefficient (Wildman–Crippen LogP) is 2.00. The first kappa shape index (κ1) is 14.7. The third-order valence-electron chi connectivity index (χ3n) is 3.18. The first-order chi connectivity index (χ1) is 10.1. The average Bonchev–Trinajstić information content (AvgIpc) is 2.50. The molecule has 0 aliphatic carbocycles. The van der Waals surface area contributed by atoms with Crippen molar-refractivity contribution >= 4 is 11.6 Å². The maximum atomic E-state index is 11.3. The minimum Gasteiger partial charge on any atom is -0.504 e. The minimum atomic E-state index is -0.129. The number of para-hydroxylation sites is 1. The summed E-state index contributed by atoms with van der Waals surface area (Å²) in [6, 6.07) is 12.4. The molecule has 0 spiro atoms. The van der Waals surface area contributed by atoms with Crippen molar-refractivity contribution in [2.45, 2.75) is 13.0 Å². The normalized spacial score (nSPS) is 10.1. The Labute approximate surface area is 123 Å². The molecule has 5 nitrogen and oxygen atoms in total. The number of nitrogens with one attached hydrogen (secondary N) is 2. The second kappa shape index (κ2) is 6.65. The van der Waals surface area contributed by atoms with Crippen LogP contribution in [0.4, 0.5) is 5.69 Å². The number of hydrogen-bond acceptors (Lipinski definition) is 4. The fourth-order valence-electron chi connectivity index (χ4n) is 1.93. The number of carbonyl (C=O) groups excluding carboxylic acids is 1. The van der Waals surface area contributed by atoms with E-state index in [0.717, 1.165) is 11.3 Å². The Morgan fingerprint density at radius 3 is 2.48 bits per heavy atom. The maximum absolute atomic E-state index is 11.3.